The molecule has 3 unspecified atom stereocenters. The topological polar surface area (TPSA) is 95.9 Å². The number of unbranched alkanes of at least 4 members (excludes halogenated alkanes) is 16. The van der Waals surface area contributed by atoms with Gasteiger partial charge in [0.1, 0.15) is 6.10 Å². The molecule has 0 aliphatic carbocycles. The average molecular weight is 862 g/mol. The Hall–Kier alpha value is -3.22. The Bertz CT molecular complexity index is 1240. The minimum absolute atomic E-state index is 0.0235. The first kappa shape index (κ1) is 58.8. The van der Waals surface area contributed by atoms with Crippen molar-refractivity contribution in [1.82, 2.24) is 5.32 Å². The van der Waals surface area contributed by atoms with Crippen LogP contribution in [0.2, 0.25) is 0 Å². The molecule has 0 spiro atoms. The first-order chi connectivity index (χ1) is 30.5. The number of hydrogen-bond acceptors (Lipinski definition) is 5. The van der Waals surface area contributed by atoms with Gasteiger partial charge >= 0.3 is 5.97 Å². The van der Waals surface area contributed by atoms with Crippen molar-refractivity contribution in [2.75, 3.05) is 6.61 Å². The quantitative estimate of drug-likeness (QED) is 0.0322. The van der Waals surface area contributed by atoms with Crippen molar-refractivity contribution in [3.63, 3.8) is 0 Å². The van der Waals surface area contributed by atoms with Crippen LogP contribution in [-0.2, 0) is 14.3 Å². The molecule has 3 N–H and O–H groups in total. The molecule has 1 amide bonds. The third-order valence-electron chi connectivity index (χ3n) is 10.9. The van der Waals surface area contributed by atoms with E-state index in [4.69, 9.17) is 4.74 Å². The third kappa shape index (κ3) is 43.4. The first-order valence-corrected chi connectivity index (χ1v) is 25.5. The highest BCUT2D eigenvalue weighted by Crippen LogP contribution is 2.16. The van der Waals surface area contributed by atoms with Crippen LogP contribution in [-0.4, -0.2) is 46.9 Å². The third-order valence-corrected chi connectivity index (χ3v) is 10.9. The van der Waals surface area contributed by atoms with E-state index in [1.165, 1.54) is 70.6 Å². The maximum atomic E-state index is 13.2. The molecule has 0 radical (unpaired) electrons. The van der Waals surface area contributed by atoms with E-state index in [-0.39, 0.29) is 24.9 Å². The fraction of sp³-hybridized carbons (Fsp3) is 0.679. The number of rotatable bonds is 44. The lowest BCUT2D eigenvalue weighted by Gasteiger charge is -2.24. The number of esters is 1. The van der Waals surface area contributed by atoms with Gasteiger partial charge in [-0.2, -0.15) is 0 Å². The molecule has 0 aliphatic heterocycles. The molecule has 0 rings (SSSR count). The summed E-state index contributed by atoms with van der Waals surface area (Å²) < 4.78 is 5.88. The van der Waals surface area contributed by atoms with Crippen LogP contribution >= 0.6 is 0 Å². The Kier molecular flexibility index (Phi) is 46.3. The second-order valence-corrected chi connectivity index (χ2v) is 16.8. The predicted molar refractivity (Wildman–Crippen MR) is 268 cm³/mol. The maximum absolute atomic E-state index is 13.2. The Morgan fingerprint density at radius 1 is 0.484 bits per heavy atom. The van der Waals surface area contributed by atoms with Crippen molar-refractivity contribution in [1.29, 1.82) is 0 Å². The molecule has 0 aromatic rings. The molecule has 0 saturated heterocycles. The summed E-state index contributed by atoms with van der Waals surface area (Å²) in [6, 6.07) is -0.730. The number of nitrogens with one attached hydrogen (secondary N) is 1. The molecular formula is C56H95NO5. The number of amides is 1. The summed E-state index contributed by atoms with van der Waals surface area (Å²) >= 11 is 0. The number of carbonyl (C=O) groups is 2. The maximum Gasteiger partial charge on any atom is 0.306 e. The van der Waals surface area contributed by atoms with Crippen molar-refractivity contribution in [2.24, 2.45) is 0 Å². The fourth-order valence-electron chi connectivity index (χ4n) is 7.13. The minimum atomic E-state index is -0.812. The van der Waals surface area contributed by atoms with E-state index in [9.17, 15) is 19.8 Å². The van der Waals surface area contributed by atoms with Gasteiger partial charge in [0.05, 0.1) is 25.2 Å². The highest BCUT2D eigenvalue weighted by molar-refractivity contribution is 5.77. The molecule has 0 aromatic heterocycles. The minimum Gasteiger partial charge on any atom is -0.462 e. The van der Waals surface area contributed by atoms with E-state index >= 15 is 0 Å². The number of aliphatic hydroxyl groups is 2. The molecule has 0 fully saturated rings. The summed E-state index contributed by atoms with van der Waals surface area (Å²) in [5.41, 5.74) is 0. The Morgan fingerprint density at radius 2 is 0.871 bits per heavy atom. The molecular weight excluding hydrogens is 767 g/mol. The molecule has 0 aliphatic rings. The SMILES string of the molecule is CC/C=C\C/C=C\C/C=C\C/C=C\C/C=C\CCCC(=O)OC(CCCC/C=C/C/C=C/C/C=C/CC)CC(=O)NC(CO)C(O)CCCCCCCCCCCCCCCC. The second kappa shape index (κ2) is 48.8. The van der Waals surface area contributed by atoms with Gasteiger partial charge in [-0.25, -0.2) is 0 Å². The van der Waals surface area contributed by atoms with Crippen molar-refractivity contribution in [3.05, 3.63) is 97.2 Å². The van der Waals surface area contributed by atoms with Gasteiger partial charge in [-0.3, -0.25) is 9.59 Å². The average Bonchev–Trinajstić information content (AvgIpc) is 3.26. The van der Waals surface area contributed by atoms with Crippen molar-refractivity contribution in [2.45, 2.75) is 238 Å². The highest BCUT2D eigenvalue weighted by Gasteiger charge is 2.24. The lowest BCUT2D eigenvalue weighted by molar-refractivity contribution is -0.151. The fourth-order valence-corrected chi connectivity index (χ4v) is 7.13. The summed E-state index contributed by atoms with van der Waals surface area (Å²) in [4.78, 5) is 26.1. The van der Waals surface area contributed by atoms with Crippen molar-refractivity contribution >= 4 is 11.9 Å². The Labute approximate surface area is 382 Å². The van der Waals surface area contributed by atoms with Crippen LogP contribution in [0.25, 0.3) is 0 Å². The molecule has 354 valence electrons. The Morgan fingerprint density at radius 3 is 1.31 bits per heavy atom. The van der Waals surface area contributed by atoms with E-state index in [2.05, 4.69) is 123 Å². The lowest BCUT2D eigenvalue weighted by atomic mass is 10.0. The zero-order chi connectivity index (χ0) is 45.2. The monoisotopic (exact) mass is 862 g/mol. The smallest absolute Gasteiger partial charge is 0.306 e. The number of hydrogen-bond donors (Lipinski definition) is 3. The zero-order valence-corrected chi connectivity index (χ0v) is 40.2. The van der Waals surface area contributed by atoms with Gasteiger partial charge in [0, 0.05) is 6.42 Å². The number of allylic oxidation sites excluding steroid dienone is 16. The molecule has 0 saturated carbocycles. The number of carbonyl (C=O) groups excluding carboxylic acids is 2. The van der Waals surface area contributed by atoms with Gasteiger partial charge in [-0.1, -0.05) is 208 Å². The molecule has 0 heterocycles. The van der Waals surface area contributed by atoms with Crippen LogP contribution in [0.4, 0.5) is 0 Å². The summed E-state index contributed by atoms with van der Waals surface area (Å²) in [6.45, 7) is 6.22. The summed E-state index contributed by atoms with van der Waals surface area (Å²) in [6.07, 6.45) is 64.7. The van der Waals surface area contributed by atoms with E-state index in [1.54, 1.807) is 0 Å². The molecule has 3 atom stereocenters. The van der Waals surface area contributed by atoms with Crippen LogP contribution in [0.15, 0.2) is 97.2 Å². The van der Waals surface area contributed by atoms with Crippen LogP contribution < -0.4 is 5.32 Å². The van der Waals surface area contributed by atoms with Gasteiger partial charge in [-0.05, 0) is 96.3 Å². The number of aliphatic hydroxyl groups excluding tert-OH is 2. The highest BCUT2D eigenvalue weighted by atomic mass is 16.5. The molecule has 0 aromatic carbocycles. The summed E-state index contributed by atoms with van der Waals surface area (Å²) in [7, 11) is 0. The number of ether oxygens (including phenoxy) is 1. The summed E-state index contributed by atoms with van der Waals surface area (Å²) in [5, 5.41) is 23.7. The van der Waals surface area contributed by atoms with Gasteiger partial charge in [-0.15, -0.1) is 0 Å². The standard InChI is InChI=1S/C56H95NO5/c1-4-7-10-13-16-19-22-25-27-28-29-31-34-37-40-43-46-49-56(61)62-52(47-44-41-38-35-32-24-21-18-15-12-9-6-3)50-55(60)57-53(51-58)54(59)48-45-42-39-36-33-30-26-23-20-17-14-11-8-5-2/h7,9-10,12,16,18-19,21,25,27,29,31-32,35,37,40,52-54,58-59H,4-6,8,11,13-15,17,20,22-24,26,28,30,33-34,36,38-39,41-51H2,1-3H3,(H,57,60)/b10-7-,12-9+,19-16-,21-18+,27-25-,31-29-,35-32+,40-37-. The van der Waals surface area contributed by atoms with Crippen LogP contribution in [0.1, 0.15) is 220 Å². The lowest BCUT2D eigenvalue weighted by Crippen LogP contribution is -2.46. The van der Waals surface area contributed by atoms with Gasteiger partial charge in [0.15, 0.2) is 0 Å². The van der Waals surface area contributed by atoms with Gasteiger partial charge in [0.2, 0.25) is 5.91 Å². The van der Waals surface area contributed by atoms with E-state index in [0.29, 0.717) is 25.7 Å². The van der Waals surface area contributed by atoms with Crippen LogP contribution in [0.5, 0.6) is 0 Å². The van der Waals surface area contributed by atoms with Crippen LogP contribution in [0, 0.1) is 0 Å². The molecule has 0 bridgehead atoms. The van der Waals surface area contributed by atoms with Crippen molar-refractivity contribution in [3.8, 4) is 0 Å². The summed E-state index contributed by atoms with van der Waals surface area (Å²) in [5.74, 6) is -0.590. The van der Waals surface area contributed by atoms with Crippen molar-refractivity contribution < 1.29 is 24.5 Å². The van der Waals surface area contributed by atoms with Crippen LogP contribution in [0.3, 0.4) is 0 Å². The largest absolute Gasteiger partial charge is 0.462 e. The molecule has 6 heteroatoms. The van der Waals surface area contributed by atoms with E-state index < -0.39 is 18.2 Å². The zero-order valence-electron chi connectivity index (χ0n) is 40.2. The molecule has 6 nitrogen and oxygen atoms in total. The van der Waals surface area contributed by atoms with E-state index in [1.807, 2.05) is 0 Å². The first-order valence-electron chi connectivity index (χ1n) is 25.5. The predicted octanol–water partition coefficient (Wildman–Crippen LogP) is 15.3. The second-order valence-electron chi connectivity index (χ2n) is 16.8. The molecule has 62 heavy (non-hydrogen) atoms. The van der Waals surface area contributed by atoms with Gasteiger partial charge < -0.3 is 20.3 Å². The van der Waals surface area contributed by atoms with E-state index in [0.717, 1.165) is 96.3 Å². The normalized spacial score (nSPS) is 14.1. The van der Waals surface area contributed by atoms with Gasteiger partial charge in [0.25, 0.3) is 0 Å². The Balaban J connectivity index is 4.70.